The van der Waals surface area contributed by atoms with Gasteiger partial charge in [0.2, 0.25) is 17.8 Å². The van der Waals surface area contributed by atoms with Crippen LogP contribution in [0.3, 0.4) is 0 Å². The summed E-state index contributed by atoms with van der Waals surface area (Å²) in [6.07, 6.45) is 4.15. The Kier molecular flexibility index (Phi) is 7.43. The zero-order chi connectivity index (χ0) is 24.1. The van der Waals surface area contributed by atoms with E-state index in [1.165, 1.54) is 5.56 Å². The van der Waals surface area contributed by atoms with Gasteiger partial charge in [-0.25, -0.2) is 4.98 Å². The number of carbonyl (C=O) groups is 2. The molecule has 0 aliphatic carbocycles. The van der Waals surface area contributed by atoms with Gasteiger partial charge in [-0.1, -0.05) is 54.4 Å². The molecule has 1 atom stereocenters. The molecule has 1 N–H and O–H groups in total. The first-order chi connectivity index (χ1) is 16.4. The second-order valence-electron chi connectivity index (χ2n) is 8.83. The van der Waals surface area contributed by atoms with Gasteiger partial charge in [-0.2, -0.15) is 0 Å². The van der Waals surface area contributed by atoms with E-state index in [0.29, 0.717) is 25.5 Å². The highest BCUT2D eigenvalue weighted by molar-refractivity contribution is 5.93. The third kappa shape index (κ3) is 5.72. The Hall–Kier alpha value is -3.45. The van der Waals surface area contributed by atoms with Crippen molar-refractivity contribution in [2.75, 3.05) is 25.0 Å². The largest absolute Gasteiger partial charge is 0.376 e. The van der Waals surface area contributed by atoms with E-state index in [0.717, 1.165) is 35.3 Å². The highest BCUT2D eigenvalue weighted by atomic mass is 16.5. The van der Waals surface area contributed by atoms with Gasteiger partial charge in [-0.15, -0.1) is 0 Å². The van der Waals surface area contributed by atoms with Gasteiger partial charge < -0.3 is 9.64 Å². The molecule has 2 heterocycles. The Morgan fingerprint density at radius 1 is 1.09 bits per heavy atom. The molecule has 34 heavy (non-hydrogen) atoms. The van der Waals surface area contributed by atoms with E-state index in [1.807, 2.05) is 73.1 Å². The summed E-state index contributed by atoms with van der Waals surface area (Å²) in [5.74, 6) is 0.0764. The van der Waals surface area contributed by atoms with Gasteiger partial charge in [0.05, 0.1) is 11.8 Å². The molecule has 0 saturated carbocycles. The standard InChI is InChI=1S/C27H32N4O3/c1-4-26(33)30(16-23-6-5-15-34-23)18-25(32)29-27-28-24(21-11-7-19(2)8-12-21)17-31(27)22-13-9-20(3)10-14-22/h7-14,17,23H,4-6,15-16,18H2,1-3H3,(H,28,29,32). The average molecular weight is 461 g/mol. The molecule has 7 nitrogen and oxygen atoms in total. The summed E-state index contributed by atoms with van der Waals surface area (Å²) in [5, 5.41) is 2.94. The SMILES string of the molecule is CCC(=O)N(CC(=O)Nc1nc(-c2ccc(C)cc2)cn1-c1ccc(C)cc1)CC1CCCO1. The van der Waals surface area contributed by atoms with Gasteiger partial charge in [-0.05, 0) is 38.8 Å². The van der Waals surface area contributed by atoms with Crippen LogP contribution in [0.25, 0.3) is 16.9 Å². The maximum absolute atomic E-state index is 13.0. The first-order valence-corrected chi connectivity index (χ1v) is 11.9. The van der Waals surface area contributed by atoms with Gasteiger partial charge in [0, 0.05) is 37.0 Å². The Labute approximate surface area is 200 Å². The van der Waals surface area contributed by atoms with Crippen molar-refractivity contribution in [3.8, 4) is 16.9 Å². The lowest BCUT2D eigenvalue weighted by Crippen LogP contribution is -2.42. The second kappa shape index (κ2) is 10.7. The zero-order valence-corrected chi connectivity index (χ0v) is 20.1. The van der Waals surface area contributed by atoms with E-state index in [2.05, 4.69) is 5.32 Å². The molecule has 1 aliphatic rings. The Morgan fingerprint density at radius 3 is 2.38 bits per heavy atom. The van der Waals surface area contributed by atoms with E-state index >= 15 is 0 Å². The van der Waals surface area contributed by atoms with Crippen LogP contribution in [-0.4, -0.2) is 52.1 Å². The highest BCUT2D eigenvalue weighted by Crippen LogP contribution is 2.25. The van der Waals surface area contributed by atoms with Crippen molar-refractivity contribution < 1.29 is 14.3 Å². The summed E-state index contributed by atoms with van der Waals surface area (Å²) in [6, 6.07) is 16.2. The lowest BCUT2D eigenvalue weighted by Gasteiger charge is -2.24. The van der Waals surface area contributed by atoms with E-state index in [4.69, 9.17) is 9.72 Å². The van der Waals surface area contributed by atoms with E-state index < -0.39 is 0 Å². The third-order valence-corrected chi connectivity index (χ3v) is 6.05. The minimum atomic E-state index is -0.283. The topological polar surface area (TPSA) is 76.5 Å². The minimum Gasteiger partial charge on any atom is -0.376 e. The van der Waals surface area contributed by atoms with Crippen LogP contribution in [0.2, 0.25) is 0 Å². The molecule has 7 heteroatoms. The van der Waals surface area contributed by atoms with Crippen molar-refractivity contribution >= 4 is 17.8 Å². The summed E-state index contributed by atoms with van der Waals surface area (Å²) >= 11 is 0. The fourth-order valence-corrected chi connectivity index (χ4v) is 4.08. The summed E-state index contributed by atoms with van der Waals surface area (Å²) in [6.45, 7) is 6.99. The number of anilines is 1. The molecule has 1 aliphatic heterocycles. The molecule has 2 aromatic carbocycles. The predicted octanol–water partition coefficient (Wildman–Crippen LogP) is 4.51. The minimum absolute atomic E-state index is 0.00835. The summed E-state index contributed by atoms with van der Waals surface area (Å²) in [5.41, 5.74) is 4.94. The van der Waals surface area contributed by atoms with Crippen LogP contribution in [0.4, 0.5) is 5.95 Å². The van der Waals surface area contributed by atoms with Crippen molar-refractivity contribution in [3.05, 3.63) is 65.9 Å². The Morgan fingerprint density at radius 2 is 1.76 bits per heavy atom. The normalized spacial score (nSPS) is 15.3. The number of hydrogen-bond donors (Lipinski definition) is 1. The molecular formula is C27H32N4O3. The maximum atomic E-state index is 13.0. The lowest BCUT2D eigenvalue weighted by atomic mass is 10.1. The highest BCUT2D eigenvalue weighted by Gasteiger charge is 2.24. The number of imidazole rings is 1. The summed E-state index contributed by atoms with van der Waals surface area (Å²) in [7, 11) is 0. The lowest BCUT2D eigenvalue weighted by molar-refractivity contribution is -0.135. The molecule has 1 aromatic heterocycles. The van der Waals surface area contributed by atoms with Gasteiger partial charge in [-0.3, -0.25) is 19.5 Å². The second-order valence-corrected chi connectivity index (χ2v) is 8.83. The van der Waals surface area contributed by atoms with Crippen molar-refractivity contribution in [3.63, 3.8) is 0 Å². The molecule has 0 bridgehead atoms. The predicted molar refractivity (Wildman–Crippen MR) is 133 cm³/mol. The number of aromatic nitrogens is 2. The van der Waals surface area contributed by atoms with Gasteiger partial charge in [0.1, 0.15) is 6.54 Å². The molecule has 178 valence electrons. The number of aryl methyl sites for hydroxylation is 2. The molecule has 4 rings (SSSR count). The summed E-state index contributed by atoms with van der Waals surface area (Å²) < 4.78 is 7.56. The number of nitrogens with zero attached hydrogens (tertiary/aromatic N) is 3. The Balaban J connectivity index is 1.58. The van der Waals surface area contributed by atoms with E-state index in [9.17, 15) is 9.59 Å². The van der Waals surface area contributed by atoms with Crippen LogP contribution in [-0.2, 0) is 14.3 Å². The molecule has 1 fully saturated rings. The smallest absolute Gasteiger partial charge is 0.246 e. The number of amides is 2. The number of ether oxygens (including phenoxy) is 1. The first-order valence-electron chi connectivity index (χ1n) is 11.9. The Bertz CT molecular complexity index is 1130. The van der Waals surface area contributed by atoms with E-state index in [-0.39, 0.29) is 24.5 Å². The first kappa shape index (κ1) is 23.7. The molecule has 2 amide bonds. The fourth-order valence-electron chi connectivity index (χ4n) is 4.08. The summed E-state index contributed by atoms with van der Waals surface area (Å²) in [4.78, 5) is 31.9. The molecule has 3 aromatic rings. The van der Waals surface area contributed by atoms with Crippen LogP contribution < -0.4 is 5.32 Å². The molecular weight excluding hydrogens is 428 g/mol. The molecule has 1 unspecified atom stereocenters. The molecule has 0 spiro atoms. The van der Waals surface area contributed by atoms with Gasteiger partial charge in [0.25, 0.3) is 0 Å². The van der Waals surface area contributed by atoms with Crippen molar-refractivity contribution in [1.82, 2.24) is 14.5 Å². The number of benzene rings is 2. The number of carbonyl (C=O) groups excluding carboxylic acids is 2. The van der Waals surface area contributed by atoms with Crippen molar-refractivity contribution in [2.24, 2.45) is 0 Å². The molecule has 0 radical (unpaired) electrons. The number of nitrogens with one attached hydrogen (secondary N) is 1. The molecule has 1 saturated heterocycles. The van der Waals surface area contributed by atoms with Crippen molar-refractivity contribution in [1.29, 1.82) is 0 Å². The fraction of sp³-hybridized carbons (Fsp3) is 0.370. The quantitative estimate of drug-likeness (QED) is 0.537. The van der Waals surface area contributed by atoms with Gasteiger partial charge >= 0.3 is 0 Å². The van der Waals surface area contributed by atoms with Crippen LogP contribution >= 0.6 is 0 Å². The monoisotopic (exact) mass is 460 g/mol. The average Bonchev–Trinajstić information content (AvgIpc) is 3.49. The van der Waals surface area contributed by atoms with Crippen LogP contribution in [0.5, 0.6) is 0 Å². The van der Waals surface area contributed by atoms with E-state index in [1.54, 1.807) is 11.8 Å². The van der Waals surface area contributed by atoms with Gasteiger partial charge in [0.15, 0.2) is 0 Å². The van der Waals surface area contributed by atoms with Crippen molar-refractivity contribution in [2.45, 2.75) is 46.1 Å². The number of rotatable bonds is 8. The van der Waals surface area contributed by atoms with Crippen LogP contribution in [0, 0.1) is 13.8 Å². The number of hydrogen-bond acceptors (Lipinski definition) is 4. The van der Waals surface area contributed by atoms with Crippen LogP contribution in [0.1, 0.15) is 37.3 Å². The third-order valence-electron chi connectivity index (χ3n) is 6.05. The maximum Gasteiger partial charge on any atom is 0.246 e. The van der Waals surface area contributed by atoms with Crippen LogP contribution in [0.15, 0.2) is 54.7 Å². The zero-order valence-electron chi connectivity index (χ0n) is 20.1.